The molecule has 1 saturated heterocycles. The van der Waals surface area contributed by atoms with Gasteiger partial charge in [0.15, 0.2) is 6.67 Å². The zero-order chi connectivity index (χ0) is 22.0. The molecule has 158 valence electrons. The molecule has 1 aliphatic heterocycles. The number of likely N-dealkylation sites (N-methyl/N-ethyl adjacent to an activating group) is 1. The Balaban J connectivity index is 1.60. The summed E-state index contributed by atoms with van der Waals surface area (Å²) in [5, 5.41) is 4.80. The van der Waals surface area contributed by atoms with Crippen LogP contribution in [-0.4, -0.2) is 57.7 Å². The van der Waals surface area contributed by atoms with Gasteiger partial charge in [-0.15, -0.1) is 0 Å². The lowest BCUT2D eigenvalue weighted by Crippen LogP contribution is -3.09. The largest absolute Gasteiger partial charge is 0.338 e. The van der Waals surface area contributed by atoms with Crippen molar-refractivity contribution in [2.75, 3.05) is 20.3 Å². The molecule has 0 radical (unpaired) electrons. The van der Waals surface area contributed by atoms with Crippen molar-refractivity contribution in [3.8, 4) is 16.9 Å². The van der Waals surface area contributed by atoms with Crippen molar-refractivity contribution in [1.82, 2.24) is 19.6 Å². The molecule has 31 heavy (non-hydrogen) atoms. The van der Waals surface area contributed by atoms with Crippen LogP contribution in [-0.2, 0) is 16.1 Å². The SMILES string of the molecule is CCN1C(=O)C(=O)N(C[NH+](C)Cc2cn(-c3ccccc3)nc2-c2ccccc2)C1=O. The first-order valence-electron chi connectivity index (χ1n) is 10.2. The zero-order valence-electron chi connectivity index (χ0n) is 17.5. The summed E-state index contributed by atoms with van der Waals surface area (Å²) in [6.45, 7) is 2.48. The summed E-state index contributed by atoms with van der Waals surface area (Å²) in [5.41, 5.74) is 3.75. The fourth-order valence-electron chi connectivity index (χ4n) is 3.71. The molecule has 0 saturated carbocycles. The zero-order valence-corrected chi connectivity index (χ0v) is 17.5. The second-order valence-electron chi connectivity index (χ2n) is 7.51. The highest BCUT2D eigenvalue weighted by atomic mass is 16.2. The maximum Gasteiger partial charge on any atom is 0.338 e. The van der Waals surface area contributed by atoms with E-state index in [1.807, 2.05) is 78.6 Å². The van der Waals surface area contributed by atoms with Gasteiger partial charge in [0.2, 0.25) is 0 Å². The number of para-hydroxylation sites is 1. The van der Waals surface area contributed by atoms with Crippen molar-refractivity contribution >= 4 is 17.8 Å². The van der Waals surface area contributed by atoms with E-state index in [0.717, 1.165) is 37.2 Å². The van der Waals surface area contributed by atoms with E-state index in [1.165, 1.54) is 0 Å². The van der Waals surface area contributed by atoms with Gasteiger partial charge in [0, 0.05) is 18.3 Å². The summed E-state index contributed by atoms with van der Waals surface area (Å²) < 4.78 is 1.83. The molecule has 0 bridgehead atoms. The summed E-state index contributed by atoms with van der Waals surface area (Å²) in [5.74, 6) is -1.53. The van der Waals surface area contributed by atoms with Gasteiger partial charge in [0.25, 0.3) is 0 Å². The normalized spacial score (nSPS) is 15.1. The van der Waals surface area contributed by atoms with E-state index in [4.69, 9.17) is 5.10 Å². The van der Waals surface area contributed by atoms with Crippen LogP contribution < -0.4 is 4.90 Å². The van der Waals surface area contributed by atoms with E-state index in [2.05, 4.69) is 0 Å². The third-order valence-electron chi connectivity index (χ3n) is 5.23. The molecule has 0 spiro atoms. The van der Waals surface area contributed by atoms with Gasteiger partial charge in [0.05, 0.1) is 18.3 Å². The van der Waals surface area contributed by atoms with Crippen LogP contribution in [0.25, 0.3) is 16.9 Å². The molecule has 4 amide bonds. The number of quaternary nitrogens is 1. The Bertz CT molecular complexity index is 1110. The van der Waals surface area contributed by atoms with Crippen LogP contribution in [0.2, 0.25) is 0 Å². The number of aromatic nitrogens is 2. The van der Waals surface area contributed by atoms with Gasteiger partial charge in [-0.1, -0.05) is 48.5 Å². The van der Waals surface area contributed by atoms with Crippen molar-refractivity contribution in [2.24, 2.45) is 0 Å². The van der Waals surface area contributed by atoms with Crippen molar-refractivity contribution in [2.45, 2.75) is 13.5 Å². The molecule has 8 nitrogen and oxygen atoms in total. The molecule has 1 fully saturated rings. The Hall–Kier alpha value is -3.78. The number of nitrogens with one attached hydrogen (secondary N) is 1. The van der Waals surface area contributed by atoms with E-state index in [0.29, 0.717) is 6.54 Å². The van der Waals surface area contributed by atoms with E-state index in [-0.39, 0.29) is 13.2 Å². The number of hydrogen-bond donors (Lipinski definition) is 1. The third-order valence-corrected chi connectivity index (χ3v) is 5.23. The maximum absolute atomic E-state index is 12.4. The van der Waals surface area contributed by atoms with Gasteiger partial charge in [-0.25, -0.2) is 14.4 Å². The van der Waals surface area contributed by atoms with E-state index in [9.17, 15) is 14.4 Å². The van der Waals surface area contributed by atoms with Gasteiger partial charge in [-0.05, 0) is 19.1 Å². The van der Waals surface area contributed by atoms with Gasteiger partial charge in [-0.2, -0.15) is 5.10 Å². The summed E-state index contributed by atoms with van der Waals surface area (Å²) in [7, 11) is 1.88. The summed E-state index contributed by atoms with van der Waals surface area (Å²) in [6.07, 6.45) is 1.97. The van der Waals surface area contributed by atoms with Gasteiger partial charge < -0.3 is 4.90 Å². The van der Waals surface area contributed by atoms with Crippen molar-refractivity contribution < 1.29 is 19.3 Å². The summed E-state index contributed by atoms with van der Waals surface area (Å²) in [4.78, 5) is 39.5. The third kappa shape index (κ3) is 3.97. The van der Waals surface area contributed by atoms with Gasteiger partial charge in [-0.3, -0.25) is 14.5 Å². The quantitative estimate of drug-likeness (QED) is 0.464. The topological polar surface area (TPSA) is 80.0 Å². The molecule has 1 aliphatic rings. The number of carbonyl (C=O) groups excluding carboxylic acids is 3. The standard InChI is InChI=1S/C23H23N5O3/c1-3-26-21(29)22(30)27(23(26)31)16-25(2)14-18-15-28(19-12-8-5-9-13-19)24-20(18)17-10-6-4-7-11-17/h4-13,15H,3,14,16H2,1-2H3/p+1. The molecule has 0 aliphatic carbocycles. The molecule has 4 rings (SSSR count). The Morgan fingerprint density at radius 1 is 0.871 bits per heavy atom. The minimum Gasteiger partial charge on any atom is -0.316 e. The maximum atomic E-state index is 12.4. The van der Waals surface area contributed by atoms with Crippen LogP contribution in [0.15, 0.2) is 66.9 Å². The number of carbonyl (C=O) groups is 3. The Morgan fingerprint density at radius 2 is 1.48 bits per heavy atom. The predicted molar refractivity (Wildman–Crippen MR) is 114 cm³/mol. The minimum atomic E-state index is -0.769. The molecule has 8 heteroatoms. The molecule has 1 atom stereocenters. The van der Waals surface area contributed by atoms with E-state index >= 15 is 0 Å². The fraction of sp³-hybridized carbons (Fsp3) is 0.217. The van der Waals surface area contributed by atoms with Gasteiger partial charge in [0.1, 0.15) is 12.2 Å². The Labute approximate surface area is 180 Å². The van der Waals surface area contributed by atoms with Crippen LogP contribution in [0.1, 0.15) is 12.5 Å². The van der Waals surface area contributed by atoms with Crippen LogP contribution in [0.4, 0.5) is 4.79 Å². The monoisotopic (exact) mass is 418 g/mol. The molecule has 3 aromatic rings. The van der Waals surface area contributed by atoms with Crippen LogP contribution in [0, 0.1) is 0 Å². The first-order valence-corrected chi connectivity index (χ1v) is 10.2. The minimum absolute atomic E-state index is 0.102. The number of hydrogen-bond acceptors (Lipinski definition) is 4. The lowest BCUT2D eigenvalue weighted by atomic mass is 10.1. The fourth-order valence-corrected chi connectivity index (χ4v) is 3.71. The highest BCUT2D eigenvalue weighted by molar-refractivity contribution is 6.44. The number of amides is 4. The number of benzene rings is 2. The second kappa shape index (κ2) is 8.53. The molecule has 1 aromatic heterocycles. The van der Waals surface area contributed by atoms with Crippen molar-refractivity contribution in [1.29, 1.82) is 0 Å². The predicted octanol–water partition coefficient (Wildman–Crippen LogP) is 1.32. The smallest absolute Gasteiger partial charge is 0.316 e. The molecular weight excluding hydrogens is 394 g/mol. The van der Waals surface area contributed by atoms with Crippen LogP contribution in [0.3, 0.4) is 0 Å². The van der Waals surface area contributed by atoms with E-state index < -0.39 is 17.8 Å². The lowest BCUT2D eigenvalue weighted by Gasteiger charge is -2.19. The van der Waals surface area contributed by atoms with Crippen LogP contribution in [0.5, 0.6) is 0 Å². The molecule has 1 unspecified atom stereocenters. The van der Waals surface area contributed by atoms with E-state index in [1.54, 1.807) is 6.92 Å². The van der Waals surface area contributed by atoms with Gasteiger partial charge >= 0.3 is 17.8 Å². The number of urea groups is 1. The Morgan fingerprint density at radius 3 is 2.10 bits per heavy atom. The number of nitrogens with zero attached hydrogens (tertiary/aromatic N) is 4. The number of rotatable bonds is 7. The number of imide groups is 2. The first-order chi connectivity index (χ1) is 15.0. The molecule has 2 aromatic carbocycles. The second-order valence-corrected chi connectivity index (χ2v) is 7.51. The highest BCUT2D eigenvalue weighted by Gasteiger charge is 2.45. The molecule has 1 N–H and O–H groups in total. The molecular formula is C23H24N5O3+. The molecule has 2 heterocycles. The average molecular weight is 418 g/mol. The van der Waals surface area contributed by atoms with Crippen LogP contribution >= 0.6 is 0 Å². The summed E-state index contributed by atoms with van der Waals surface area (Å²) in [6, 6.07) is 19.2. The first kappa shape index (κ1) is 20.5. The Kier molecular flexibility index (Phi) is 5.64. The van der Waals surface area contributed by atoms with Crippen molar-refractivity contribution in [3.05, 3.63) is 72.4 Å². The average Bonchev–Trinajstić information content (AvgIpc) is 3.29. The summed E-state index contributed by atoms with van der Waals surface area (Å²) >= 11 is 0. The highest BCUT2D eigenvalue weighted by Crippen LogP contribution is 2.23. The van der Waals surface area contributed by atoms with Crippen molar-refractivity contribution in [3.63, 3.8) is 0 Å². The lowest BCUT2D eigenvalue weighted by molar-refractivity contribution is -0.901.